The maximum atomic E-state index is 11.8. The van der Waals surface area contributed by atoms with Crippen LogP contribution >= 0.6 is 0 Å². The molecular weight excluding hydrogens is 266 g/mol. The van der Waals surface area contributed by atoms with Gasteiger partial charge in [0.1, 0.15) is 0 Å². The first kappa shape index (κ1) is 14.5. The Labute approximate surface area is 122 Å². The minimum absolute atomic E-state index is 0.449. The van der Waals surface area contributed by atoms with E-state index < -0.39 is 17.9 Å². The van der Waals surface area contributed by atoms with Crippen molar-refractivity contribution in [1.82, 2.24) is 5.32 Å². The van der Waals surface area contributed by atoms with E-state index in [0.717, 1.165) is 5.56 Å². The zero-order chi connectivity index (χ0) is 15.1. The average Bonchev–Trinajstić information content (AvgIpc) is 2.52. The highest BCUT2D eigenvalue weighted by Crippen LogP contribution is 2.12. The second-order valence-electron chi connectivity index (χ2n) is 4.43. The Hall–Kier alpha value is -2.88. The smallest absolute Gasteiger partial charge is 0.330 e. The van der Waals surface area contributed by atoms with Gasteiger partial charge in [-0.05, 0) is 17.2 Å². The summed E-state index contributed by atoms with van der Waals surface area (Å²) in [5, 5.41) is 11.7. The Morgan fingerprint density at radius 3 is 2.10 bits per heavy atom. The highest BCUT2D eigenvalue weighted by atomic mass is 16.4. The maximum absolute atomic E-state index is 11.8. The lowest BCUT2D eigenvalue weighted by Crippen LogP contribution is -2.32. The number of aliphatic carboxylic acids is 1. The van der Waals surface area contributed by atoms with Crippen molar-refractivity contribution in [3.8, 4) is 0 Å². The van der Waals surface area contributed by atoms with Gasteiger partial charge in [0.2, 0.25) is 5.91 Å². The van der Waals surface area contributed by atoms with Crippen LogP contribution in [0.2, 0.25) is 0 Å². The predicted octanol–water partition coefficient (Wildman–Crippen LogP) is 2.64. The molecule has 1 atom stereocenters. The molecule has 0 heterocycles. The average molecular weight is 281 g/mol. The van der Waals surface area contributed by atoms with Gasteiger partial charge in [0.15, 0.2) is 6.04 Å². The summed E-state index contributed by atoms with van der Waals surface area (Å²) in [6.07, 6.45) is 2.97. The van der Waals surface area contributed by atoms with Gasteiger partial charge < -0.3 is 10.4 Å². The minimum atomic E-state index is -1.09. The van der Waals surface area contributed by atoms with E-state index in [0.29, 0.717) is 5.56 Å². The highest BCUT2D eigenvalue weighted by molar-refractivity contribution is 5.94. The molecule has 0 aliphatic heterocycles. The number of carbonyl (C=O) groups excluding carboxylic acids is 1. The standard InChI is InChI=1S/C17H15NO3/c19-15(12-11-13-7-3-1-4-8-13)18-16(17(20)21)14-9-5-2-6-10-14/h1-12,16H,(H,18,19)(H,20,21)/b12-11+/t16-/m1/s1. The number of carbonyl (C=O) groups is 2. The van der Waals surface area contributed by atoms with Crippen LogP contribution in [0, 0.1) is 0 Å². The Kier molecular flexibility index (Phi) is 4.88. The van der Waals surface area contributed by atoms with Crippen molar-refractivity contribution in [2.75, 3.05) is 0 Å². The Balaban J connectivity index is 2.06. The molecule has 4 nitrogen and oxygen atoms in total. The molecule has 0 fully saturated rings. The van der Waals surface area contributed by atoms with Crippen molar-refractivity contribution in [2.45, 2.75) is 6.04 Å². The number of benzene rings is 2. The van der Waals surface area contributed by atoms with Gasteiger partial charge in [0.25, 0.3) is 0 Å². The van der Waals surface area contributed by atoms with E-state index in [4.69, 9.17) is 0 Å². The lowest BCUT2D eigenvalue weighted by molar-refractivity contribution is -0.141. The van der Waals surface area contributed by atoms with Gasteiger partial charge in [0.05, 0.1) is 0 Å². The Bertz CT molecular complexity index is 636. The van der Waals surface area contributed by atoms with Gasteiger partial charge in [-0.3, -0.25) is 4.79 Å². The number of hydrogen-bond donors (Lipinski definition) is 2. The van der Waals surface area contributed by atoms with Gasteiger partial charge in [-0.2, -0.15) is 0 Å². The SMILES string of the molecule is O=C(/C=C/c1ccccc1)N[C@@H](C(=O)O)c1ccccc1. The van der Waals surface area contributed by atoms with Crippen LogP contribution in [-0.4, -0.2) is 17.0 Å². The molecule has 0 aliphatic rings. The van der Waals surface area contributed by atoms with Crippen molar-refractivity contribution in [3.63, 3.8) is 0 Å². The largest absolute Gasteiger partial charge is 0.479 e. The van der Waals surface area contributed by atoms with Gasteiger partial charge in [-0.1, -0.05) is 60.7 Å². The molecule has 4 heteroatoms. The van der Waals surface area contributed by atoms with Crippen molar-refractivity contribution in [2.24, 2.45) is 0 Å². The summed E-state index contributed by atoms with van der Waals surface area (Å²) < 4.78 is 0. The second-order valence-corrected chi connectivity index (χ2v) is 4.43. The Morgan fingerprint density at radius 2 is 1.52 bits per heavy atom. The highest BCUT2D eigenvalue weighted by Gasteiger charge is 2.20. The third-order valence-corrected chi connectivity index (χ3v) is 2.89. The minimum Gasteiger partial charge on any atom is -0.479 e. The quantitative estimate of drug-likeness (QED) is 0.828. The van der Waals surface area contributed by atoms with E-state index in [1.165, 1.54) is 6.08 Å². The van der Waals surface area contributed by atoms with Crippen LogP contribution in [0.25, 0.3) is 6.08 Å². The zero-order valence-electron chi connectivity index (χ0n) is 11.3. The molecule has 0 bridgehead atoms. The molecule has 2 aromatic rings. The van der Waals surface area contributed by atoms with E-state index in [-0.39, 0.29) is 0 Å². The van der Waals surface area contributed by atoms with Crippen molar-refractivity contribution in [3.05, 3.63) is 77.9 Å². The van der Waals surface area contributed by atoms with Crippen molar-refractivity contribution in [1.29, 1.82) is 0 Å². The van der Waals surface area contributed by atoms with Crippen molar-refractivity contribution < 1.29 is 14.7 Å². The lowest BCUT2D eigenvalue weighted by atomic mass is 10.1. The van der Waals surface area contributed by atoms with E-state index in [2.05, 4.69) is 5.32 Å². The van der Waals surface area contributed by atoms with E-state index in [1.54, 1.807) is 36.4 Å². The van der Waals surface area contributed by atoms with E-state index >= 15 is 0 Å². The summed E-state index contributed by atoms with van der Waals surface area (Å²) >= 11 is 0. The van der Waals surface area contributed by atoms with Crippen molar-refractivity contribution >= 4 is 18.0 Å². The molecule has 0 saturated heterocycles. The maximum Gasteiger partial charge on any atom is 0.330 e. The monoisotopic (exact) mass is 281 g/mol. The van der Waals surface area contributed by atoms with Crippen LogP contribution in [0.4, 0.5) is 0 Å². The molecule has 0 aliphatic carbocycles. The molecule has 0 saturated carbocycles. The summed E-state index contributed by atoms with van der Waals surface area (Å²) in [5.74, 6) is -1.54. The summed E-state index contributed by atoms with van der Waals surface area (Å²) in [5.41, 5.74) is 1.41. The van der Waals surface area contributed by atoms with Gasteiger partial charge >= 0.3 is 5.97 Å². The summed E-state index contributed by atoms with van der Waals surface area (Å²) in [4.78, 5) is 23.1. The van der Waals surface area contributed by atoms with Crippen LogP contribution in [0.15, 0.2) is 66.7 Å². The van der Waals surface area contributed by atoms with Crippen LogP contribution in [0.5, 0.6) is 0 Å². The van der Waals surface area contributed by atoms with Crippen LogP contribution in [-0.2, 0) is 9.59 Å². The van der Waals surface area contributed by atoms with Crippen LogP contribution in [0.3, 0.4) is 0 Å². The lowest BCUT2D eigenvalue weighted by Gasteiger charge is -2.13. The third kappa shape index (κ3) is 4.31. The first-order valence-corrected chi connectivity index (χ1v) is 6.48. The fraction of sp³-hybridized carbons (Fsp3) is 0.0588. The number of carboxylic acids is 1. The molecule has 21 heavy (non-hydrogen) atoms. The molecule has 2 N–H and O–H groups in total. The number of rotatable bonds is 5. The number of amides is 1. The Morgan fingerprint density at radius 1 is 0.952 bits per heavy atom. The first-order valence-electron chi connectivity index (χ1n) is 6.48. The summed E-state index contributed by atoms with van der Waals surface area (Å²) in [6.45, 7) is 0. The molecule has 1 amide bonds. The number of hydrogen-bond acceptors (Lipinski definition) is 2. The molecule has 2 rings (SSSR count). The number of carboxylic acid groups (broad SMARTS) is 1. The van der Waals surface area contributed by atoms with Crippen LogP contribution < -0.4 is 5.32 Å². The van der Waals surface area contributed by atoms with E-state index in [9.17, 15) is 14.7 Å². The first-order chi connectivity index (χ1) is 10.2. The molecule has 0 radical (unpaired) electrons. The normalized spacial score (nSPS) is 12.0. The van der Waals surface area contributed by atoms with Gasteiger partial charge in [0, 0.05) is 6.08 Å². The molecule has 0 aromatic heterocycles. The molecular formula is C17H15NO3. The fourth-order valence-corrected chi connectivity index (χ4v) is 1.86. The molecule has 0 unspecified atom stereocenters. The molecule has 0 spiro atoms. The third-order valence-electron chi connectivity index (χ3n) is 2.89. The second kappa shape index (κ2) is 7.05. The summed E-state index contributed by atoms with van der Waals surface area (Å²) in [7, 11) is 0. The predicted molar refractivity (Wildman–Crippen MR) is 80.4 cm³/mol. The molecule has 106 valence electrons. The zero-order valence-corrected chi connectivity index (χ0v) is 11.3. The molecule has 2 aromatic carbocycles. The van der Waals surface area contributed by atoms with Gasteiger partial charge in [-0.15, -0.1) is 0 Å². The number of nitrogens with one attached hydrogen (secondary N) is 1. The van der Waals surface area contributed by atoms with Crippen LogP contribution in [0.1, 0.15) is 17.2 Å². The van der Waals surface area contributed by atoms with E-state index in [1.807, 2.05) is 30.3 Å². The topological polar surface area (TPSA) is 66.4 Å². The van der Waals surface area contributed by atoms with Gasteiger partial charge in [-0.25, -0.2) is 4.79 Å². The summed E-state index contributed by atoms with van der Waals surface area (Å²) in [6, 6.07) is 16.9. The fourth-order valence-electron chi connectivity index (χ4n) is 1.86.